The molecule has 0 aromatic heterocycles. The van der Waals surface area contributed by atoms with Crippen molar-refractivity contribution < 1.29 is 19.2 Å². The van der Waals surface area contributed by atoms with E-state index in [1.54, 1.807) is 0 Å². The molecule has 5 nitrogen and oxygen atoms in total. The average Bonchev–Trinajstić information content (AvgIpc) is 2.63. The Morgan fingerprint density at radius 1 is 1.12 bits per heavy atom. The molecule has 1 aliphatic heterocycles. The molecule has 1 amide bonds. The Morgan fingerprint density at radius 2 is 1.84 bits per heavy atom. The van der Waals surface area contributed by atoms with Crippen molar-refractivity contribution in [3.8, 4) is 11.5 Å². The fourth-order valence-electron chi connectivity index (χ4n) is 2.76. The third-order valence-corrected chi connectivity index (χ3v) is 4.63. The Kier molecular flexibility index (Phi) is 5.94. The van der Waals surface area contributed by atoms with E-state index >= 15 is 0 Å². The molecule has 1 heterocycles. The van der Waals surface area contributed by atoms with Crippen LogP contribution in [-0.4, -0.2) is 32.2 Å². The largest absolute Gasteiger partial charge is 0.486 e. The molecule has 25 heavy (non-hydrogen) atoms. The molecule has 0 bridgehead atoms. The molecule has 1 aliphatic rings. The zero-order valence-electron chi connectivity index (χ0n) is 14.2. The summed E-state index contributed by atoms with van der Waals surface area (Å²) in [7, 11) is 0. The van der Waals surface area contributed by atoms with Crippen molar-refractivity contribution >= 4 is 27.5 Å². The van der Waals surface area contributed by atoms with Crippen LogP contribution in [0, 0.1) is 0 Å². The molecule has 2 N–H and O–H groups in total. The van der Waals surface area contributed by atoms with Gasteiger partial charge in [-0.1, -0.05) is 28.1 Å². The van der Waals surface area contributed by atoms with Gasteiger partial charge in [-0.3, -0.25) is 4.79 Å². The summed E-state index contributed by atoms with van der Waals surface area (Å²) < 4.78 is 12.1. The van der Waals surface area contributed by atoms with Gasteiger partial charge in [0.05, 0.1) is 6.54 Å². The third kappa shape index (κ3) is 4.96. The van der Waals surface area contributed by atoms with E-state index in [9.17, 15) is 4.79 Å². The minimum absolute atomic E-state index is 0.00867. The Morgan fingerprint density at radius 3 is 2.56 bits per heavy atom. The summed E-state index contributed by atoms with van der Waals surface area (Å²) in [5, 5.41) is 2.95. The summed E-state index contributed by atoms with van der Waals surface area (Å²) in [6.45, 7) is 5.30. The quantitative estimate of drug-likeness (QED) is 0.774. The van der Waals surface area contributed by atoms with Gasteiger partial charge in [0.25, 0.3) is 5.91 Å². The summed E-state index contributed by atoms with van der Waals surface area (Å²) in [4.78, 5) is 13.6. The zero-order chi connectivity index (χ0) is 17.6. The number of carbonyl (C=O) groups is 1. The number of ether oxygens (including phenoxy) is 2. The summed E-state index contributed by atoms with van der Waals surface area (Å²) in [6, 6.07) is 13.7. The van der Waals surface area contributed by atoms with Gasteiger partial charge in [0.1, 0.15) is 19.8 Å². The van der Waals surface area contributed by atoms with E-state index < -0.39 is 0 Å². The number of anilines is 1. The second kappa shape index (κ2) is 8.36. The number of likely N-dealkylation sites (N-methyl/N-ethyl adjacent to an activating group) is 1. The number of benzene rings is 2. The summed E-state index contributed by atoms with van der Waals surface area (Å²) in [5.74, 6) is 1.39. The highest BCUT2D eigenvalue weighted by Crippen LogP contribution is 2.32. The van der Waals surface area contributed by atoms with Crippen LogP contribution in [0.2, 0.25) is 0 Å². The molecular formula is C19H22BrN2O3+. The maximum Gasteiger partial charge on any atom is 0.279 e. The number of hydrogen-bond donors (Lipinski definition) is 2. The highest BCUT2D eigenvalue weighted by Gasteiger charge is 2.16. The van der Waals surface area contributed by atoms with Crippen LogP contribution < -0.4 is 19.7 Å². The van der Waals surface area contributed by atoms with E-state index in [4.69, 9.17) is 9.47 Å². The predicted molar refractivity (Wildman–Crippen MR) is 100 cm³/mol. The molecule has 0 spiro atoms. The summed E-state index contributed by atoms with van der Waals surface area (Å²) >= 11 is 3.44. The normalized spacial score (nSPS) is 14.0. The van der Waals surface area contributed by atoms with Crippen molar-refractivity contribution in [2.75, 3.05) is 31.6 Å². The lowest BCUT2D eigenvalue weighted by molar-refractivity contribution is -0.903. The Hall–Kier alpha value is -2.05. The van der Waals surface area contributed by atoms with Crippen molar-refractivity contribution in [2.24, 2.45) is 0 Å². The predicted octanol–water partition coefficient (Wildman–Crippen LogP) is 2.26. The average molecular weight is 406 g/mol. The second-order valence-corrected chi connectivity index (χ2v) is 6.91. The monoisotopic (exact) mass is 405 g/mol. The van der Waals surface area contributed by atoms with Crippen LogP contribution in [0.5, 0.6) is 11.5 Å². The second-order valence-electron chi connectivity index (χ2n) is 5.99. The molecule has 0 radical (unpaired) electrons. The highest BCUT2D eigenvalue weighted by atomic mass is 79.9. The van der Waals surface area contributed by atoms with Crippen LogP contribution in [0.15, 0.2) is 46.9 Å². The molecule has 6 heteroatoms. The Labute approximate surface area is 156 Å². The molecule has 0 aliphatic carbocycles. The lowest BCUT2D eigenvalue weighted by Gasteiger charge is -2.20. The van der Waals surface area contributed by atoms with E-state index in [0.29, 0.717) is 25.5 Å². The maximum absolute atomic E-state index is 12.4. The molecule has 2 aromatic carbocycles. The first-order valence-corrected chi connectivity index (χ1v) is 9.21. The van der Waals surface area contributed by atoms with Gasteiger partial charge in [-0.05, 0) is 31.2 Å². The molecule has 0 saturated heterocycles. The first kappa shape index (κ1) is 17.8. The van der Waals surface area contributed by atoms with E-state index in [0.717, 1.165) is 29.0 Å². The minimum atomic E-state index is -0.00867. The Bertz CT molecular complexity index is 734. The van der Waals surface area contributed by atoms with Crippen LogP contribution in [-0.2, 0) is 11.3 Å². The SMILES string of the molecule is CC[NH+](CC(=O)Nc1ccc2c(c1)OCCO2)Cc1ccc(Br)cc1. The van der Waals surface area contributed by atoms with E-state index in [1.165, 1.54) is 10.5 Å². The maximum atomic E-state index is 12.4. The van der Waals surface area contributed by atoms with E-state index in [2.05, 4.69) is 40.3 Å². The van der Waals surface area contributed by atoms with Crippen molar-refractivity contribution in [2.45, 2.75) is 13.5 Å². The Balaban J connectivity index is 1.57. The van der Waals surface area contributed by atoms with Gasteiger partial charge in [-0.2, -0.15) is 0 Å². The number of hydrogen-bond acceptors (Lipinski definition) is 3. The van der Waals surface area contributed by atoms with Crippen LogP contribution in [0.1, 0.15) is 12.5 Å². The number of amides is 1. The van der Waals surface area contributed by atoms with Crippen LogP contribution in [0.4, 0.5) is 5.69 Å². The first-order chi connectivity index (χ1) is 12.1. The standard InChI is InChI=1S/C19H21BrN2O3/c1-2-22(12-14-3-5-15(20)6-4-14)13-19(23)21-16-7-8-17-18(11-16)25-10-9-24-17/h3-8,11H,2,9-10,12-13H2,1H3,(H,21,23)/p+1. The molecule has 1 atom stereocenters. The fraction of sp³-hybridized carbons (Fsp3) is 0.316. The van der Waals surface area contributed by atoms with Crippen molar-refractivity contribution in [3.05, 3.63) is 52.5 Å². The van der Waals surface area contributed by atoms with Gasteiger partial charge in [0.2, 0.25) is 0 Å². The van der Waals surface area contributed by atoms with Crippen LogP contribution in [0.25, 0.3) is 0 Å². The molecule has 132 valence electrons. The first-order valence-electron chi connectivity index (χ1n) is 8.41. The van der Waals surface area contributed by atoms with E-state index in [1.807, 2.05) is 30.3 Å². The molecule has 0 saturated carbocycles. The molecular weight excluding hydrogens is 384 g/mol. The number of nitrogens with one attached hydrogen (secondary N) is 2. The summed E-state index contributed by atoms with van der Waals surface area (Å²) in [5.41, 5.74) is 1.94. The molecule has 0 fully saturated rings. The van der Waals surface area contributed by atoms with Crippen molar-refractivity contribution in [1.82, 2.24) is 0 Å². The summed E-state index contributed by atoms with van der Waals surface area (Å²) in [6.07, 6.45) is 0. The topological polar surface area (TPSA) is 52.0 Å². The molecule has 2 aromatic rings. The van der Waals surface area contributed by atoms with Gasteiger partial charge < -0.3 is 19.7 Å². The van der Waals surface area contributed by atoms with Crippen molar-refractivity contribution in [1.29, 1.82) is 0 Å². The lowest BCUT2D eigenvalue weighted by atomic mass is 10.2. The molecule has 3 rings (SSSR count). The fourth-order valence-corrected chi connectivity index (χ4v) is 3.02. The number of quaternary nitrogens is 1. The van der Waals surface area contributed by atoms with Gasteiger partial charge in [-0.15, -0.1) is 0 Å². The highest BCUT2D eigenvalue weighted by molar-refractivity contribution is 9.10. The van der Waals surface area contributed by atoms with Gasteiger partial charge >= 0.3 is 0 Å². The number of rotatable bonds is 6. The van der Waals surface area contributed by atoms with Gasteiger partial charge in [-0.25, -0.2) is 0 Å². The van der Waals surface area contributed by atoms with Crippen LogP contribution >= 0.6 is 15.9 Å². The lowest BCUT2D eigenvalue weighted by Crippen LogP contribution is -3.11. The zero-order valence-corrected chi connectivity index (χ0v) is 15.8. The third-order valence-electron chi connectivity index (χ3n) is 4.10. The van der Waals surface area contributed by atoms with E-state index in [-0.39, 0.29) is 5.91 Å². The van der Waals surface area contributed by atoms with Crippen molar-refractivity contribution in [3.63, 3.8) is 0 Å². The number of halogens is 1. The molecule has 1 unspecified atom stereocenters. The number of carbonyl (C=O) groups excluding carboxylic acids is 1. The van der Waals surface area contributed by atoms with Gasteiger partial charge in [0, 0.05) is 21.8 Å². The number of fused-ring (bicyclic) bond motifs is 1. The smallest absolute Gasteiger partial charge is 0.279 e. The minimum Gasteiger partial charge on any atom is -0.486 e. The van der Waals surface area contributed by atoms with Crippen LogP contribution in [0.3, 0.4) is 0 Å². The van der Waals surface area contributed by atoms with Gasteiger partial charge in [0.15, 0.2) is 18.0 Å².